The Morgan fingerprint density at radius 3 is 2.35 bits per heavy atom. The molecule has 0 saturated carbocycles. The molecule has 0 saturated heterocycles. The van der Waals surface area contributed by atoms with E-state index >= 15 is 0 Å². The van der Waals surface area contributed by atoms with Gasteiger partial charge in [0.1, 0.15) is 0 Å². The molecule has 0 bridgehead atoms. The summed E-state index contributed by atoms with van der Waals surface area (Å²) >= 11 is 25.4. The normalized spacial score (nSPS) is 11.2. The lowest BCUT2D eigenvalue weighted by Crippen LogP contribution is -2.11. The molecular weight excluding hydrogens is 360 g/mol. The molecule has 1 aromatic heterocycles. The van der Waals surface area contributed by atoms with Crippen LogP contribution in [-0.2, 0) is 0 Å². The van der Waals surface area contributed by atoms with Gasteiger partial charge in [-0.3, -0.25) is 4.79 Å². The number of hydrogen-bond donors (Lipinski definition) is 0. The van der Waals surface area contributed by atoms with E-state index < -0.39 is 0 Å². The van der Waals surface area contributed by atoms with E-state index in [4.69, 9.17) is 46.4 Å². The van der Waals surface area contributed by atoms with E-state index in [2.05, 4.69) is 0 Å². The fourth-order valence-electron chi connectivity index (χ4n) is 1.84. The van der Waals surface area contributed by atoms with Crippen LogP contribution in [0.15, 0.2) is 35.1 Å². The van der Waals surface area contributed by atoms with Gasteiger partial charge in [0.05, 0.1) is 35.9 Å². The van der Waals surface area contributed by atoms with Crippen molar-refractivity contribution in [2.45, 2.75) is 0 Å². The molecule has 0 aliphatic carbocycles. The van der Waals surface area contributed by atoms with E-state index in [0.29, 0.717) is 11.1 Å². The second-order valence-electron chi connectivity index (χ2n) is 4.01. The Morgan fingerprint density at radius 1 is 0.950 bits per heavy atom. The summed E-state index contributed by atoms with van der Waals surface area (Å²) < 4.78 is 2.32. The van der Waals surface area contributed by atoms with E-state index in [0.717, 1.165) is 4.70 Å². The van der Waals surface area contributed by atoms with Gasteiger partial charge in [0.2, 0.25) is 0 Å². The summed E-state index contributed by atoms with van der Waals surface area (Å²) in [5.41, 5.74) is 0.263. The molecule has 0 radical (unpaired) electrons. The van der Waals surface area contributed by atoms with Gasteiger partial charge in [-0.25, -0.2) is 3.96 Å². The summed E-state index contributed by atoms with van der Waals surface area (Å²) in [7, 11) is 0. The van der Waals surface area contributed by atoms with Crippen LogP contribution in [0.3, 0.4) is 0 Å². The molecule has 0 spiro atoms. The number of nitrogens with zero attached hydrogens (tertiary/aromatic N) is 1. The van der Waals surface area contributed by atoms with Crippen molar-refractivity contribution in [3.63, 3.8) is 0 Å². The third-order valence-corrected chi connectivity index (χ3v) is 5.63. The van der Waals surface area contributed by atoms with Crippen LogP contribution in [0.1, 0.15) is 0 Å². The smallest absolute Gasteiger partial charge is 0.267 e. The second kappa shape index (κ2) is 5.24. The highest BCUT2D eigenvalue weighted by atomic mass is 35.5. The molecule has 7 heteroatoms. The maximum absolute atomic E-state index is 12.4. The summed E-state index contributed by atoms with van der Waals surface area (Å²) in [6.07, 6.45) is 0. The third kappa shape index (κ3) is 2.14. The lowest BCUT2D eigenvalue weighted by molar-refractivity contribution is 1.14. The van der Waals surface area contributed by atoms with Crippen LogP contribution in [0, 0.1) is 0 Å². The predicted molar refractivity (Wildman–Crippen MR) is 87.5 cm³/mol. The quantitative estimate of drug-likeness (QED) is 0.403. The Balaban J connectivity index is 2.37. The van der Waals surface area contributed by atoms with E-state index in [1.807, 2.05) is 18.2 Å². The van der Waals surface area contributed by atoms with Gasteiger partial charge >= 0.3 is 0 Å². The predicted octanol–water partition coefficient (Wildman–Crippen LogP) is 5.67. The van der Waals surface area contributed by atoms with E-state index in [-0.39, 0.29) is 25.6 Å². The van der Waals surface area contributed by atoms with E-state index in [9.17, 15) is 4.79 Å². The van der Waals surface area contributed by atoms with Crippen molar-refractivity contribution in [2.24, 2.45) is 0 Å². The summed E-state index contributed by atoms with van der Waals surface area (Å²) in [5.74, 6) is 0. The van der Waals surface area contributed by atoms with Crippen molar-refractivity contribution in [1.82, 2.24) is 3.96 Å². The highest BCUT2D eigenvalue weighted by Gasteiger charge is 2.17. The Bertz CT molecular complexity index is 884. The monoisotopic (exact) mass is 363 g/mol. The number of hydrogen-bond acceptors (Lipinski definition) is 2. The topological polar surface area (TPSA) is 22.0 Å². The van der Waals surface area contributed by atoms with Crippen LogP contribution < -0.4 is 5.56 Å². The first-order valence-corrected chi connectivity index (χ1v) is 7.73. The van der Waals surface area contributed by atoms with Crippen LogP contribution >= 0.6 is 57.9 Å². The van der Waals surface area contributed by atoms with Gasteiger partial charge in [-0.15, -0.1) is 0 Å². The zero-order chi connectivity index (χ0) is 14.4. The average Bonchev–Trinajstić information content (AvgIpc) is 2.78. The van der Waals surface area contributed by atoms with Crippen molar-refractivity contribution < 1.29 is 0 Å². The first kappa shape index (κ1) is 14.2. The van der Waals surface area contributed by atoms with Crippen molar-refractivity contribution in [3.05, 3.63) is 60.8 Å². The van der Waals surface area contributed by atoms with Gasteiger partial charge in [0.25, 0.3) is 5.56 Å². The van der Waals surface area contributed by atoms with E-state index in [1.54, 1.807) is 6.07 Å². The summed E-state index contributed by atoms with van der Waals surface area (Å²) in [4.78, 5) is 12.4. The minimum atomic E-state index is -0.165. The number of rotatable bonds is 1. The maximum Gasteiger partial charge on any atom is 0.273 e. The Morgan fingerprint density at radius 2 is 1.65 bits per heavy atom. The van der Waals surface area contributed by atoms with Crippen molar-refractivity contribution in [3.8, 4) is 5.69 Å². The Hall–Kier alpha value is -0.710. The molecule has 0 amide bonds. The molecule has 0 fully saturated rings. The molecule has 102 valence electrons. The summed E-state index contributed by atoms with van der Waals surface area (Å²) in [6, 6.07) is 8.84. The van der Waals surface area contributed by atoms with Crippen LogP contribution in [0.2, 0.25) is 20.1 Å². The number of halogens is 4. The number of benzene rings is 2. The van der Waals surface area contributed by atoms with Crippen molar-refractivity contribution in [1.29, 1.82) is 0 Å². The minimum absolute atomic E-state index is 0.139. The standard InChI is InChI=1S/C13H5Cl4NOS/c14-7-5-8(11(16)12(17)10(7)15)18-13(19)6-3-1-2-4-9(6)20-18/h1-5H. The van der Waals surface area contributed by atoms with E-state index in [1.165, 1.54) is 21.6 Å². The first-order chi connectivity index (χ1) is 9.50. The Labute approximate surface area is 138 Å². The largest absolute Gasteiger partial charge is 0.273 e. The first-order valence-electron chi connectivity index (χ1n) is 5.45. The summed E-state index contributed by atoms with van der Waals surface area (Å²) in [5, 5.41) is 1.39. The molecule has 0 atom stereocenters. The highest BCUT2D eigenvalue weighted by Crippen LogP contribution is 2.40. The van der Waals surface area contributed by atoms with Gasteiger partial charge in [0, 0.05) is 0 Å². The van der Waals surface area contributed by atoms with Crippen molar-refractivity contribution >= 4 is 68.0 Å². The van der Waals surface area contributed by atoms with Crippen molar-refractivity contribution in [2.75, 3.05) is 0 Å². The molecule has 0 unspecified atom stereocenters. The molecule has 3 aromatic rings. The zero-order valence-corrected chi connectivity index (χ0v) is 13.5. The van der Waals surface area contributed by atoms with Crippen LogP contribution in [-0.4, -0.2) is 3.96 Å². The second-order valence-corrected chi connectivity index (χ2v) is 6.54. The van der Waals surface area contributed by atoms with Gasteiger partial charge in [0.15, 0.2) is 0 Å². The summed E-state index contributed by atoms with van der Waals surface area (Å²) in [6.45, 7) is 0. The molecule has 3 rings (SSSR count). The molecule has 0 aliphatic rings. The molecule has 2 aromatic carbocycles. The Kier molecular flexibility index (Phi) is 3.73. The van der Waals surface area contributed by atoms with Gasteiger partial charge < -0.3 is 0 Å². The van der Waals surface area contributed by atoms with Gasteiger partial charge in [-0.1, -0.05) is 70.1 Å². The molecule has 2 nitrogen and oxygen atoms in total. The molecule has 20 heavy (non-hydrogen) atoms. The number of fused-ring (bicyclic) bond motifs is 1. The lowest BCUT2D eigenvalue weighted by atomic mass is 10.3. The molecule has 0 N–H and O–H groups in total. The van der Waals surface area contributed by atoms with Gasteiger partial charge in [-0.05, 0) is 18.2 Å². The van der Waals surface area contributed by atoms with Crippen LogP contribution in [0.4, 0.5) is 0 Å². The number of aromatic nitrogens is 1. The van der Waals surface area contributed by atoms with Crippen LogP contribution in [0.5, 0.6) is 0 Å². The third-order valence-electron chi connectivity index (χ3n) is 2.79. The fraction of sp³-hybridized carbons (Fsp3) is 0. The zero-order valence-electron chi connectivity index (χ0n) is 9.66. The lowest BCUT2D eigenvalue weighted by Gasteiger charge is -2.08. The molecule has 0 aliphatic heterocycles. The maximum atomic E-state index is 12.4. The van der Waals surface area contributed by atoms with Crippen LogP contribution in [0.25, 0.3) is 15.8 Å². The highest BCUT2D eigenvalue weighted by molar-refractivity contribution is 7.14. The fourth-order valence-corrected chi connectivity index (χ4v) is 3.78. The molecular formula is C13H5Cl4NOS. The SMILES string of the molecule is O=c1c2ccccc2sn1-c1cc(Cl)c(Cl)c(Cl)c1Cl. The average molecular weight is 365 g/mol. The minimum Gasteiger partial charge on any atom is -0.267 e. The van der Waals surface area contributed by atoms with Gasteiger partial charge in [-0.2, -0.15) is 0 Å². The molecule has 1 heterocycles.